The molecular weight excluding hydrogens is 519 g/mol. The summed E-state index contributed by atoms with van der Waals surface area (Å²) in [5.74, 6) is -1.18. The first kappa shape index (κ1) is 24.8. The molecule has 0 aliphatic carbocycles. The SMILES string of the molecule is C=CCOc1cccc([C@@H]2/C(=C(\O)c3ccc4c(c3)C[C@H](C)O4)C(=O)C(=O)N2c2nc3ccc(F)cc3s2)c1. The topological polar surface area (TPSA) is 89.0 Å². The number of thiazole rings is 1. The largest absolute Gasteiger partial charge is 0.507 e. The van der Waals surface area contributed by atoms with E-state index in [-0.39, 0.29) is 29.2 Å². The fourth-order valence-electron chi connectivity index (χ4n) is 4.99. The molecule has 0 saturated carbocycles. The summed E-state index contributed by atoms with van der Waals surface area (Å²) in [6, 6.07) is 15.3. The number of anilines is 1. The second-order valence-corrected chi connectivity index (χ2v) is 10.4. The highest BCUT2D eigenvalue weighted by Gasteiger charge is 2.48. The van der Waals surface area contributed by atoms with E-state index in [1.807, 2.05) is 6.92 Å². The lowest BCUT2D eigenvalue weighted by Gasteiger charge is -2.23. The van der Waals surface area contributed by atoms with Crippen molar-refractivity contribution >= 4 is 44.1 Å². The molecule has 0 bridgehead atoms. The van der Waals surface area contributed by atoms with E-state index in [9.17, 15) is 19.1 Å². The van der Waals surface area contributed by atoms with Crippen LogP contribution in [0.1, 0.15) is 29.7 Å². The Bertz CT molecular complexity index is 1690. The Morgan fingerprint density at radius 2 is 2.08 bits per heavy atom. The van der Waals surface area contributed by atoms with Gasteiger partial charge in [0.25, 0.3) is 5.78 Å². The number of fused-ring (bicyclic) bond motifs is 2. The number of benzene rings is 3. The van der Waals surface area contributed by atoms with E-state index in [1.54, 1.807) is 48.5 Å². The normalized spacial score (nSPS) is 19.8. The van der Waals surface area contributed by atoms with E-state index in [0.29, 0.717) is 33.5 Å². The first-order valence-corrected chi connectivity index (χ1v) is 13.2. The van der Waals surface area contributed by atoms with Crippen LogP contribution in [-0.2, 0) is 16.0 Å². The van der Waals surface area contributed by atoms with Gasteiger partial charge in [0.2, 0.25) is 0 Å². The second kappa shape index (κ2) is 9.67. The van der Waals surface area contributed by atoms with Crippen molar-refractivity contribution in [3.63, 3.8) is 0 Å². The lowest BCUT2D eigenvalue weighted by atomic mass is 9.94. The van der Waals surface area contributed by atoms with Crippen LogP contribution in [0.3, 0.4) is 0 Å². The van der Waals surface area contributed by atoms with Crippen LogP contribution < -0.4 is 14.4 Å². The third kappa shape index (κ3) is 4.34. The van der Waals surface area contributed by atoms with Crippen LogP contribution in [0.2, 0.25) is 0 Å². The van der Waals surface area contributed by atoms with Crippen molar-refractivity contribution in [1.82, 2.24) is 4.98 Å². The number of hydrogen-bond donors (Lipinski definition) is 1. The molecule has 7 nitrogen and oxygen atoms in total. The third-order valence-corrected chi connectivity index (χ3v) is 7.72. The van der Waals surface area contributed by atoms with Crippen molar-refractivity contribution in [2.45, 2.75) is 25.5 Å². The van der Waals surface area contributed by atoms with Gasteiger partial charge >= 0.3 is 5.91 Å². The summed E-state index contributed by atoms with van der Waals surface area (Å²) in [5, 5.41) is 11.7. The molecule has 1 aromatic heterocycles. The molecule has 9 heteroatoms. The molecule has 6 rings (SSSR count). The lowest BCUT2D eigenvalue weighted by Crippen LogP contribution is -2.29. The molecule has 1 N–H and O–H groups in total. The maximum absolute atomic E-state index is 13.9. The number of amides is 1. The number of carbonyl (C=O) groups excluding carboxylic acids is 2. The van der Waals surface area contributed by atoms with Gasteiger partial charge in [0, 0.05) is 12.0 Å². The zero-order chi connectivity index (χ0) is 27.3. The smallest absolute Gasteiger partial charge is 0.301 e. The van der Waals surface area contributed by atoms with Crippen LogP contribution >= 0.6 is 11.3 Å². The molecule has 1 fully saturated rings. The van der Waals surface area contributed by atoms with Gasteiger partial charge in [-0.15, -0.1) is 0 Å². The number of aromatic nitrogens is 1. The van der Waals surface area contributed by atoms with Gasteiger partial charge in [0.05, 0.1) is 21.8 Å². The molecule has 0 spiro atoms. The van der Waals surface area contributed by atoms with Crippen LogP contribution in [0.4, 0.5) is 9.52 Å². The fourth-order valence-corrected chi connectivity index (χ4v) is 6.01. The summed E-state index contributed by atoms with van der Waals surface area (Å²) in [4.78, 5) is 32.9. The number of Topliss-reactive ketones (excluding diaryl/α,β-unsaturated/α-hetero) is 1. The Hall–Kier alpha value is -4.50. The molecule has 1 amide bonds. The van der Waals surface area contributed by atoms with Gasteiger partial charge in [0.1, 0.15) is 35.8 Å². The standard InChI is InChI=1S/C30H23FN2O5S/c1-3-11-37-21-6-4-5-17(14-21)26-25(27(34)18-7-10-23-19(13-18)12-16(2)38-23)28(35)29(36)33(26)30-32-22-9-8-20(31)15-24(22)39-30/h3-10,13-16,26,34H,1,11-12H2,2H3/b27-25+/t16-,26+/m0/s1. The maximum atomic E-state index is 13.9. The fraction of sp³-hybridized carbons (Fsp3) is 0.167. The summed E-state index contributed by atoms with van der Waals surface area (Å²) >= 11 is 1.09. The molecular formula is C30H23FN2O5S. The van der Waals surface area contributed by atoms with Gasteiger partial charge in [0.15, 0.2) is 5.13 Å². The van der Waals surface area contributed by atoms with Crippen LogP contribution in [0.25, 0.3) is 16.0 Å². The molecule has 2 atom stereocenters. The van der Waals surface area contributed by atoms with Gasteiger partial charge in [-0.2, -0.15) is 0 Å². The average Bonchev–Trinajstić information content (AvgIpc) is 3.59. The lowest BCUT2D eigenvalue weighted by molar-refractivity contribution is -0.132. The van der Waals surface area contributed by atoms with Crippen molar-refractivity contribution in [2.24, 2.45) is 0 Å². The van der Waals surface area contributed by atoms with Crippen molar-refractivity contribution in [3.05, 3.63) is 101 Å². The second-order valence-electron chi connectivity index (χ2n) is 9.40. The summed E-state index contributed by atoms with van der Waals surface area (Å²) in [6.07, 6.45) is 2.28. The summed E-state index contributed by atoms with van der Waals surface area (Å²) in [6.45, 7) is 5.89. The highest BCUT2D eigenvalue weighted by molar-refractivity contribution is 7.22. The number of ketones is 1. The molecule has 2 aliphatic heterocycles. The number of aliphatic hydroxyl groups excluding tert-OH is 1. The van der Waals surface area contributed by atoms with Crippen molar-refractivity contribution in [1.29, 1.82) is 0 Å². The van der Waals surface area contributed by atoms with Gasteiger partial charge in [-0.1, -0.05) is 36.1 Å². The van der Waals surface area contributed by atoms with Crippen molar-refractivity contribution in [3.8, 4) is 11.5 Å². The van der Waals surface area contributed by atoms with Gasteiger partial charge in [-0.3, -0.25) is 14.5 Å². The number of rotatable bonds is 6. The minimum absolute atomic E-state index is 0.00477. The zero-order valence-corrected chi connectivity index (χ0v) is 21.7. The molecule has 196 valence electrons. The maximum Gasteiger partial charge on any atom is 0.301 e. The monoisotopic (exact) mass is 542 g/mol. The van der Waals surface area contributed by atoms with Gasteiger partial charge in [-0.25, -0.2) is 9.37 Å². The van der Waals surface area contributed by atoms with Gasteiger partial charge in [-0.05, 0) is 66.6 Å². The third-order valence-electron chi connectivity index (χ3n) is 6.70. The Morgan fingerprint density at radius 1 is 1.23 bits per heavy atom. The van der Waals surface area contributed by atoms with Crippen LogP contribution in [0.5, 0.6) is 11.5 Å². The Kier molecular flexibility index (Phi) is 6.15. The minimum Gasteiger partial charge on any atom is -0.507 e. The minimum atomic E-state index is -0.994. The first-order valence-electron chi connectivity index (χ1n) is 12.3. The highest BCUT2D eigenvalue weighted by Crippen LogP contribution is 2.45. The van der Waals surface area contributed by atoms with E-state index in [4.69, 9.17) is 9.47 Å². The van der Waals surface area contributed by atoms with E-state index >= 15 is 0 Å². The number of aliphatic hydroxyl groups is 1. The summed E-state index contributed by atoms with van der Waals surface area (Å²) in [5.41, 5.74) is 2.28. The Balaban J connectivity index is 1.53. The van der Waals surface area contributed by atoms with Crippen LogP contribution in [-0.4, -0.2) is 34.5 Å². The number of carbonyl (C=O) groups is 2. The Morgan fingerprint density at radius 3 is 2.90 bits per heavy atom. The molecule has 1 saturated heterocycles. The molecule has 4 aromatic rings. The molecule has 0 radical (unpaired) electrons. The molecule has 0 unspecified atom stereocenters. The number of nitrogens with zero attached hydrogens (tertiary/aromatic N) is 2. The van der Waals surface area contributed by atoms with E-state index < -0.39 is 23.5 Å². The van der Waals surface area contributed by atoms with E-state index in [0.717, 1.165) is 22.6 Å². The first-order chi connectivity index (χ1) is 18.8. The molecule has 39 heavy (non-hydrogen) atoms. The number of hydrogen-bond acceptors (Lipinski definition) is 7. The van der Waals surface area contributed by atoms with Crippen LogP contribution in [0, 0.1) is 5.82 Å². The molecule has 2 aliphatic rings. The number of halogens is 1. The summed E-state index contributed by atoms with van der Waals surface area (Å²) < 4.78 is 25.9. The van der Waals surface area contributed by atoms with E-state index in [2.05, 4.69) is 11.6 Å². The molecule has 3 aromatic carbocycles. The summed E-state index contributed by atoms with van der Waals surface area (Å²) in [7, 11) is 0. The van der Waals surface area contributed by atoms with Gasteiger partial charge < -0.3 is 14.6 Å². The quantitative estimate of drug-likeness (QED) is 0.140. The number of ether oxygens (including phenoxy) is 2. The predicted octanol–water partition coefficient (Wildman–Crippen LogP) is 5.95. The van der Waals surface area contributed by atoms with Crippen molar-refractivity contribution in [2.75, 3.05) is 11.5 Å². The molecule has 3 heterocycles. The predicted molar refractivity (Wildman–Crippen MR) is 147 cm³/mol. The van der Waals surface area contributed by atoms with Crippen LogP contribution in [0.15, 0.2) is 78.9 Å². The van der Waals surface area contributed by atoms with Crippen molar-refractivity contribution < 1.29 is 28.6 Å². The Labute approximate surface area is 227 Å². The zero-order valence-electron chi connectivity index (χ0n) is 20.9. The highest BCUT2D eigenvalue weighted by atomic mass is 32.1. The van der Waals surface area contributed by atoms with E-state index in [1.165, 1.54) is 23.1 Å². The average molecular weight is 543 g/mol.